The van der Waals surface area contributed by atoms with E-state index < -0.39 is 0 Å². The first kappa shape index (κ1) is 26.7. The van der Waals surface area contributed by atoms with Crippen molar-refractivity contribution in [2.45, 2.75) is 40.0 Å². The molecule has 0 amide bonds. The number of aryl methyl sites for hydroxylation is 1. The summed E-state index contributed by atoms with van der Waals surface area (Å²) >= 11 is 1.33. The molecule has 0 saturated carbocycles. The average molecular weight is 562 g/mol. The van der Waals surface area contributed by atoms with Gasteiger partial charge in [-0.2, -0.15) is 14.6 Å². The quantitative estimate of drug-likeness (QED) is 0.241. The molecule has 0 unspecified atom stereocenters. The second-order valence-electron chi connectivity index (χ2n) is 11.0. The van der Waals surface area contributed by atoms with Crippen molar-refractivity contribution >= 4 is 22.4 Å². The van der Waals surface area contributed by atoms with Gasteiger partial charge in [0.2, 0.25) is 4.96 Å². The monoisotopic (exact) mass is 561 g/mol. The molecule has 0 fully saturated rings. The normalized spacial score (nSPS) is 12.4. The van der Waals surface area contributed by atoms with Gasteiger partial charge >= 0.3 is 0 Å². The molecule has 0 aliphatic heterocycles. The van der Waals surface area contributed by atoms with Crippen LogP contribution in [0, 0.1) is 6.92 Å². The highest BCUT2D eigenvalue weighted by molar-refractivity contribution is 7.15. The number of aromatic nitrogens is 5. The van der Waals surface area contributed by atoms with Gasteiger partial charge in [-0.25, -0.2) is 4.68 Å². The lowest BCUT2D eigenvalue weighted by Gasteiger charge is -2.18. The zero-order chi connectivity index (χ0) is 28.7. The first-order chi connectivity index (χ1) is 19.7. The van der Waals surface area contributed by atoms with E-state index in [0.717, 1.165) is 39.4 Å². The molecule has 3 heterocycles. The number of hydrogen-bond donors (Lipinski definition) is 0. The Kier molecular flexibility index (Phi) is 6.79. The van der Waals surface area contributed by atoms with Crippen LogP contribution in [-0.2, 0) is 5.41 Å². The molecule has 6 aromatic rings. The molecule has 206 valence electrons. The zero-order valence-corrected chi connectivity index (χ0v) is 24.6. The maximum absolute atomic E-state index is 13.5. The molecule has 7 nitrogen and oxygen atoms in total. The van der Waals surface area contributed by atoms with E-state index in [1.807, 2.05) is 85.4 Å². The third-order valence-corrected chi connectivity index (χ3v) is 7.95. The van der Waals surface area contributed by atoms with Gasteiger partial charge in [0.15, 0.2) is 5.82 Å². The van der Waals surface area contributed by atoms with Crippen molar-refractivity contribution < 1.29 is 4.74 Å². The summed E-state index contributed by atoms with van der Waals surface area (Å²) in [6, 6.07) is 24.2. The van der Waals surface area contributed by atoms with Gasteiger partial charge in [0.05, 0.1) is 16.8 Å². The molecular formula is C33H31N5O2S. The molecule has 0 radical (unpaired) electrons. The van der Waals surface area contributed by atoms with Gasteiger partial charge in [-0.15, -0.1) is 5.10 Å². The van der Waals surface area contributed by atoms with Crippen LogP contribution in [0.4, 0.5) is 0 Å². The summed E-state index contributed by atoms with van der Waals surface area (Å²) in [5.74, 6) is 1.39. The summed E-state index contributed by atoms with van der Waals surface area (Å²) < 4.78 is 9.52. The maximum Gasteiger partial charge on any atom is 0.291 e. The third-order valence-electron chi connectivity index (χ3n) is 6.99. The molecule has 3 aromatic heterocycles. The van der Waals surface area contributed by atoms with Crippen molar-refractivity contribution in [2.75, 3.05) is 6.61 Å². The molecule has 0 N–H and O–H groups in total. The van der Waals surface area contributed by atoms with Gasteiger partial charge < -0.3 is 4.74 Å². The van der Waals surface area contributed by atoms with Gasteiger partial charge in [0.25, 0.3) is 5.56 Å². The lowest BCUT2D eigenvalue weighted by Crippen LogP contribution is -2.23. The molecule has 3 aromatic carbocycles. The summed E-state index contributed by atoms with van der Waals surface area (Å²) in [5.41, 5.74) is 6.49. The van der Waals surface area contributed by atoms with Gasteiger partial charge in [-0.05, 0) is 66.8 Å². The van der Waals surface area contributed by atoms with Crippen molar-refractivity contribution in [3.8, 4) is 34.1 Å². The Morgan fingerprint density at radius 1 is 0.951 bits per heavy atom. The van der Waals surface area contributed by atoms with E-state index in [0.29, 0.717) is 21.9 Å². The number of hydrogen-bond acceptors (Lipinski definition) is 6. The van der Waals surface area contributed by atoms with E-state index in [9.17, 15) is 4.79 Å². The van der Waals surface area contributed by atoms with Crippen molar-refractivity contribution in [2.24, 2.45) is 0 Å². The van der Waals surface area contributed by atoms with Crippen molar-refractivity contribution in [3.05, 3.63) is 111 Å². The molecular weight excluding hydrogens is 530 g/mol. The second-order valence-corrected chi connectivity index (χ2v) is 12.0. The van der Waals surface area contributed by atoms with E-state index in [1.54, 1.807) is 0 Å². The van der Waals surface area contributed by atoms with Crippen LogP contribution in [0.15, 0.2) is 83.8 Å². The summed E-state index contributed by atoms with van der Waals surface area (Å²) in [5, 5.41) is 9.48. The van der Waals surface area contributed by atoms with Gasteiger partial charge in [0.1, 0.15) is 11.4 Å². The molecule has 6 rings (SSSR count). The molecule has 0 atom stereocenters. The fourth-order valence-electron chi connectivity index (χ4n) is 4.76. The van der Waals surface area contributed by atoms with E-state index in [2.05, 4.69) is 49.1 Å². The molecule has 41 heavy (non-hydrogen) atoms. The van der Waals surface area contributed by atoms with Crippen molar-refractivity contribution in [1.82, 2.24) is 24.4 Å². The first-order valence-corrected chi connectivity index (χ1v) is 14.4. The number of thiazole rings is 1. The Morgan fingerprint density at radius 3 is 2.34 bits per heavy atom. The smallest absolute Gasteiger partial charge is 0.291 e. The highest BCUT2D eigenvalue weighted by atomic mass is 32.1. The first-order valence-electron chi connectivity index (χ1n) is 13.6. The van der Waals surface area contributed by atoms with Crippen LogP contribution in [0.3, 0.4) is 0 Å². The van der Waals surface area contributed by atoms with Crippen LogP contribution in [0.5, 0.6) is 5.75 Å². The highest BCUT2D eigenvalue weighted by Crippen LogP contribution is 2.29. The van der Waals surface area contributed by atoms with Gasteiger partial charge in [-0.3, -0.25) is 4.79 Å². The number of para-hydroxylation sites is 1. The minimum Gasteiger partial charge on any atom is -0.494 e. The molecule has 8 heteroatoms. The number of rotatable bonds is 6. The van der Waals surface area contributed by atoms with Crippen LogP contribution in [0.1, 0.15) is 44.4 Å². The summed E-state index contributed by atoms with van der Waals surface area (Å²) in [6.07, 6.45) is 3.84. The Bertz CT molecular complexity index is 1960. The SMILES string of the molecule is CCOc1ccc(-c2nn(-c3ccccc3)cc2/C=c2/sc3nc(-c4ccc(C(C)(C)C)cc4)nn3c2=O)cc1C. The number of nitrogens with zero attached hydrogens (tertiary/aromatic N) is 5. The zero-order valence-electron chi connectivity index (χ0n) is 23.8. The number of ether oxygens (including phenoxy) is 1. The van der Waals surface area contributed by atoms with Crippen LogP contribution in [0.25, 0.3) is 39.4 Å². The predicted octanol–water partition coefficient (Wildman–Crippen LogP) is 6.22. The molecule has 0 saturated heterocycles. The third kappa shape index (κ3) is 5.18. The summed E-state index contributed by atoms with van der Waals surface area (Å²) in [4.78, 5) is 18.7. The van der Waals surface area contributed by atoms with Crippen molar-refractivity contribution in [3.63, 3.8) is 0 Å². The lowest BCUT2D eigenvalue weighted by molar-refractivity contribution is 0.338. The van der Waals surface area contributed by atoms with Gasteiger partial charge in [-0.1, -0.05) is 74.6 Å². The highest BCUT2D eigenvalue weighted by Gasteiger charge is 2.17. The Balaban J connectivity index is 1.43. The van der Waals surface area contributed by atoms with Crippen LogP contribution < -0.4 is 14.8 Å². The predicted molar refractivity (Wildman–Crippen MR) is 165 cm³/mol. The standard InChI is InChI=1S/C33H31N5O2S/c1-6-40-27-17-14-23(18-21(27)2)29-24(20-37(35-29)26-10-8-7-9-11-26)19-28-31(39)38-32(41-28)34-30(36-38)22-12-15-25(16-13-22)33(3,4)5/h7-20H,6H2,1-5H3/b28-19+. The maximum atomic E-state index is 13.5. The van der Waals surface area contributed by atoms with Crippen LogP contribution >= 0.6 is 11.3 Å². The van der Waals surface area contributed by atoms with Crippen LogP contribution in [0.2, 0.25) is 0 Å². The summed E-state index contributed by atoms with van der Waals surface area (Å²) in [6.45, 7) is 11.1. The van der Waals surface area contributed by atoms with E-state index in [-0.39, 0.29) is 11.0 Å². The van der Waals surface area contributed by atoms with E-state index in [4.69, 9.17) is 9.84 Å². The van der Waals surface area contributed by atoms with E-state index in [1.165, 1.54) is 21.4 Å². The number of fused-ring (bicyclic) bond motifs is 1. The number of benzene rings is 3. The lowest BCUT2D eigenvalue weighted by atomic mass is 9.87. The van der Waals surface area contributed by atoms with E-state index >= 15 is 0 Å². The molecule has 0 aliphatic carbocycles. The Labute approximate surface area is 242 Å². The van der Waals surface area contributed by atoms with Crippen molar-refractivity contribution in [1.29, 1.82) is 0 Å². The molecule has 0 spiro atoms. The fourth-order valence-corrected chi connectivity index (χ4v) is 5.66. The molecule has 0 aliphatic rings. The van der Waals surface area contributed by atoms with Gasteiger partial charge in [0, 0.05) is 22.9 Å². The average Bonchev–Trinajstić information content (AvgIpc) is 3.65. The molecule has 0 bridgehead atoms. The Hall–Kier alpha value is -4.56. The second kappa shape index (κ2) is 10.4. The minimum atomic E-state index is -0.198. The topological polar surface area (TPSA) is 74.3 Å². The largest absolute Gasteiger partial charge is 0.494 e. The van der Waals surface area contributed by atoms with Crippen LogP contribution in [-0.4, -0.2) is 31.0 Å². The summed E-state index contributed by atoms with van der Waals surface area (Å²) in [7, 11) is 0. The fraction of sp³-hybridized carbons (Fsp3) is 0.212. The minimum absolute atomic E-state index is 0.0601. The Morgan fingerprint density at radius 2 is 1.68 bits per heavy atom.